The number of rotatable bonds is 8. The smallest absolute Gasteiger partial charge is 0.250 e. The lowest BCUT2D eigenvalue weighted by molar-refractivity contribution is 0.199. The highest BCUT2D eigenvalue weighted by atomic mass is 32.2. The SMILES string of the molecule is CC(C)NCc1ccc(S(=O)(=O)NCC(C)(C)N(C)C)s1. The van der Waals surface area contributed by atoms with Crippen LogP contribution in [0.25, 0.3) is 0 Å². The van der Waals surface area contributed by atoms with Crippen molar-refractivity contribution in [1.29, 1.82) is 0 Å². The quantitative estimate of drug-likeness (QED) is 0.762. The van der Waals surface area contributed by atoms with Crippen LogP contribution < -0.4 is 10.0 Å². The van der Waals surface area contributed by atoms with Crippen molar-refractivity contribution in [1.82, 2.24) is 14.9 Å². The molecule has 0 radical (unpaired) electrons. The molecule has 1 aromatic rings. The first-order chi connectivity index (χ1) is 9.54. The van der Waals surface area contributed by atoms with Gasteiger partial charge >= 0.3 is 0 Å². The molecule has 0 aromatic carbocycles. The van der Waals surface area contributed by atoms with Crippen LogP contribution in [0, 0.1) is 0 Å². The normalized spacial score (nSPS) is 13.3. The van der Waals surface area contributed by atoms with Crippen LogP contribution in [0.15, 0.2) is 16.3 Å². The number of sulfonamides is 1. The van der Waals surface area contributed by atoms with Gasteiger partial charge in [-0.25, -0.2) is 13.1 Å². The highest BCUT2D eigenvalue weighted by Crippen LogP contribution is 2.22. The Bertz CT molecular complexity index is 548. The van der Waals surface area contributed by atoms with Crippen LogP contribution in [0.5, 0.6) is 0 Å². The Balaban J connectivity index is 2.71. The molecule has 21 heavy (non-hydrogen) atoms. The molecule has 2 N–H and O–H groups in total. The summed E-state index contributed by atoms with van der Waals surface area (Å²) in [5.41, 5.74) is -0.230. The molecule has 0 fully saturated rings. The molecule has 0 atom stereocenters. The van der Waals surface area contributed by atoms with E-state index in [0.717, 1.165) is 4.88 Å². The summed E-state index contributed by atoms with van der Waals surface area (Å²) < 4.78 is 27.7. The van der Waals surface area contributed by atoms with Crippen LogP contribution in [-0.4, -0.2) is 45.5 Å². The maximum atomic E-state index is 12.3. The van der Waals surface area contributed by atoms with E-state index in [9.17, 15) is 8.42 Å². The average molecular weight is 334 g/mol. The van der Waals surface area contributed by atoms with Crippen LogP contribution in [0.1, 0.15) is 32.6 Å². The van der Waals surface area contributed by atoms with Crippen LogP contribution in [0.2, 0.25) is 0 Å². The fraction of sp³-hybridized carbons (Fsp3) is 0.714. The number of thiophene rings is 1. The zero-order valence-corrected chi connectivity index (χ0v) is 15.4. The second-order valence-electron chi connectivity index (χ2n) is 6.29. The minimum absolute atomic E-state index is 0.230. The standard InChI is InChI=1S/C14H27N3O2S2/c1-11(2)15-9-12-7-8-13(20-12)21(18,19)16-10-14(3,4)17(5)6/h7-8,11,15-16H,9-10H2,1-6H3. The van der Waals surface area contributed by atoms with Crippen molar-refractivity contribution < 1.29 is 8.42 Å². The van der Waals surface area contributed by atoms with Crippen molar-refractivity contribution in [3.63, 3.8) is 0 Å². The van der Waals surface area contributed by atoms with Crippen molar-refractivity contribution in [3.8, 4) is 0 Å². The van der Waals surface area contributed by atoms with Gasteiger partial charge < -0.3 is 10.2 Å². The predicted molar refractivity (Wildman–Crippen MR) is 89.2 cm³/mol. The predicted octanol–water partition coefficient (Wildman–Crippen LogP) is 1.86. The van der Waals surface area contributed by atoms with E-state index in [4.69, 9.17) is 0 Å². The molecule has 122 valence electrons. The summed E-state index contributed by atoms with van der Waals surface area (Å²) in [6.45, 7) is 9.21. The summed E-state index contributed by atoms with van der Waals surface area (Å²) in [5, 5.41) is 3.29. The molecule has 0 unspecified atom stereocenters. The van der Waals surface area contributed by atoms with E-state index in [2.05, 4.69) is 23.9 Å². The first-order valence-corrected chi connectivity index (χ1v) is 9.34. The van der Waals surface area contributed by atoms with Gasteiger partial charge in [0.05, 0.1) is 0 Å². The van der Waals surface area contributed by atoms with Gasteiger partial charge in [0.25, 0.3) is 0 Å². The van der Waals surface area contributed by atoms with Crippen molar-refractivity contribution >= 4 is 21.4 Å². The third-order valence-corrected chi connectivity index (χ3v) is 6.47. The zero-order chi connectivity index (χ0) is 16.3. The molecule has 7 heteroatoms. The third-order valence-electron chi connectivity index (χ3n) is 3.49. The molecule has 0 aliphatic carbocycles. The van der Waals surface area contributed by atoms with E-state index in [1.807, 2.05) is 38.9 Å². The molecule has 0 saturated carbocycles. The Morgan fingerprint density at radius 1 is 1.29 bits per heavy atom. The summed E-state index contributed by atoms with van der Waals surface area (Å²) >= 11 is 1.31. The Hall–Kier alpha value is -0.470. The number of nitrogens with zero attached hydrogens (tertiary/aromatic N) is 1. The van der Waals surface area contributed by atoms with Gasteiger partial charge in [0.15, 0.2) is 0 Å². The van der Waals surface area contributed by atoms with Gasteiger partial charge in [0.2, 0.25) is 10.0 Å². The number of hydrogen-bond donors (Lipinski definition) is 2. The van der Waals surface area contributed by atoms with Gasteiger partial charge in [-0.1, -0.05) is 13.8 Å². The van der Waals surface area contributed by atoms with Crippen molar-refractivity contribution in [2.24, 2.45) is 0 Å². The summed E-state index contributed by atoms with van der Waals surface area (Å²) in [7, 11) is 0.449. The fourth-order valence-electron chi connectivity index (χ4n) is 1.40. The second kappa shape index (κ2) is 7.19. The highest BCUT2D eigenvalue weighted by molar-refractivity contribution is 7.91. The third kappa shape index (κ3) is 5.67. The Kier molecular flexibility index (Phi) is 6.36. The van der Waals surface area contributed by atoms with E-state index in [1.54, 1.807) is 6.07 Å². The Morgan fingerprint density at radius 3 is 2.43 bits per heavy atom. The van der Waals surface area contributed by atoms with E-state index in [1.165, 1.54) is 11.3 Å². The molecule has 1 rings (SSSR count). The van der Waals surface area contributed by atoms with Crippen molar-refractivity contribution in [3.05, 3.63) is 17.0 Å². The molecule has 0 amide bonds. The lowest BCUT2D eigenvalue weighted by Gasteiger charge is -2.32. The maximum Gasteiger partial charge on any atom is 0.250 e. The molecule has 1 aromatic heterocycles. The van der Waals surface area contributed by atoms with Crippen molar-refractivity contribution in [2.75, 3.05) is 20.6 Å². The maximum absolute atomic E-state index is 12.3. The summed E-state index contributed by atoms with van der Waals surface area (Å²) in [6.07, 6.45) is 0. The van der Waals surface area contributed by atoms with Crippen LogP contribution in [0.4, 0.5) is 0 Å². The first-order valence-electron chi connectivity index (χ1n) is 7.04. The second-order valence-corrected chi connectivity index (χ2v) is 9.45. The molecular weight excluding hydrogens is 306 g/mol. The zero-order valence-electron chi connectivity index (χ0n) is 13.7. The molecule has 0 aliphatic heterocycles. The molecule has 1 heterocycles. The minimum Gasteiger partial charge on any atom is -0.310 e. The van der Waals surface area contributed by atoms with Gasteiger partial charge in [-0.15, -0.1) is 11.3 Å². The first kappa shape index (κ1) is 18.6. The van der Waals surface area contributed by atoms with E-state index < -0.39 is 10.0 Å². The largest absolute Gasteiger partial charge is 0.310 e. The summed E-state index contributed by atoms with van der Waals surface area (Å²) in [4.78, 5) is 3.03. The lowest BCUT2D eigenvalue weighted by Crippen LogP contribution is -2.47. The van der Waals surface area contributed by atoms with Gasteiger partial charge in [-0.05, 0) is 40.1 Å². The van der Waals surface area contributed by atoms with Gasteiger partial charge in [0.1, 0.15) is 4.21 Å². The molecule has 0 bridgehead atoms. The highest BCUT2D eigenvalue weighted by Gasteiger charge is 2.25. The van der Waals surface area contributed by atoms with E-state index >= 15 is 0 Å². The summed E-state index contributed by atoms with van der Waals surface area (Å²) in [5.74, 6) is 0. The molecular formula is C14H27N3O2S2. The van der Waals surface area contributed by atoms with E-state index in [0.29, 0.717) is 23.3 Å². The molecule has 5 nitrogen and oxygen atoms in total. The molecule has 0 aliphatic rings. The Morgan fingerprint density at radius 2 is 1.90 bits per heavy atom. The number of nitrogens with one attached hydrogen (secondary N) is 2. The summed E-state index contributed by atoms with van der Waals surface area (Å²) in [6, 6.07) is 3.92. The molecule has 0 spiro atoms. The minimum atomic E-state index is -3.43. The monoisotopic (exact) mass is 333 g/mol. The van der Waals surface area contributed by atoms with Gasteiger partial charge in [-0.2, -0.15) is 0 Å². The fourth-order valence-corrected chi connectivity index (χ4v) is 3.96. The average Bonchev–Trinajstić information content (AvgIpc) is 2.83. The number of likely N-dealkylation sites (N-methyl/N-ethyl adjacent to an activating group) is 1. The topological polar surface area (TPSA) is 61.4 Å². The van der Waals surface area contributed by atoms with Gasteiger partial charge in [0, 0.05) is 29.5 Å². The van der Waals surface area contributed by atoms with Gasteiger partial charge in [-0.3, -0.25) is 0 Å². The molecule has 0 saturated heterocycles. The van der Waals surface area contributed by atoms with Crippen LogP contribution >= 0.6 is 11.3 Å². The Labute approximate surface area is 132 Å². The van der Waals surface area contributed by atoms with E-state index in [-0.39, 0.29) is 5.54 Å². The lowest BCUT2D eigenvalue weighted by atomic mass is 10.1. The number of hydrogen-bond acceptors (Lipinski definition) is 5. The van der Waals surface area contributed by atoms with Crippen LogP contribution in [0.3, 0.4) is 0 Å². The van der Waals surface area contributed by atoms with Crippen molar-refractivity contribution in [2.45, 2.75) is 50.0 Å². The van der Waals surface area contributed by atoms with Crippen LogP contribution in [-0.2, 0) is 16.6 Å².